The van der Waals surface area contributed by atoms with Gasteiger partial charge in [0.2, 0.25) is 0 Å². The largest absolute Gasteiger partial charge is 0.417 e. The molecule has 20 fully saturated rings. The van der Waals surface area contributed by atoms with Crippen molar-refractivity contribution in [1.82, 2.24) is 0 Å². The number of rotatable bonds is 11. The highest BCUT2D eigenvalue weighted by Crippen LogP contribution is 2.59. The van der Waals surface area contributed by atoms with Gasteiger partial charge in [-0.3, -0.25) is 9.59 Å². The minimum absolute atomic E-state index is 0.00312. The van der Waals surface area contributed by atoms with Gasteiger partial charge in [-0.25, -0.2) is 0 Å². The van der Waals surface area contributed by atoms with Crippen molar-refractivity contribution < 1.29 is 103 Å². The van der Waals surface area contributed by atoms with E-state index in [-0.39, 0.29) is 222 Å². The third-order valence-corrected chi connectivity index (χ3v) is 43.4. The lowest BCUT2D eigenvalue weighted by Crippen LogP contribution is -2.61. The first-order valence-electron chi connectivity index (χ1n) is 48.9. The number of ketones is 2. The van der Waals surface area contributed by atoms with Crippen LogP contribution in [0.25, 0.3) is 0 Å². The van der Waals surface area contributed by atoms with E-state index in [2.05, 4.69) is 160 Å². The lowest BCUT2D eigenvalue weighted by atomic mass is 9.70. The van der Waals surface area contributed by atoms with E-state index < -0.39 is 39.8 Å². The third kappa shape index (κ3) is 19.4. The van der Waals surface area contributed by atoms with Gasteiger partial charge in [-0.05, 0) is 208 Å². The summed E-state index contributed by atoms with van der Waals surface area (Å²) in [6, 6.07) is 10.5. The van der Waals surface area contributed by atoms with Crippen LogP contribution in [0.4, 0.5) is 0 Å². The van der Waals surface area contributed by atoms with Crippen LogP contribution in [0.5, 0.6) is 0 Å². The number of carbonyl (C=O) groups is 2. The summed E-state index contributed by atoms with van der Waals surface area (Å²) in [6.07, 6.45) is 15.6. The van der Waals surface area contributed by atoms with E-state index in [1.807, 2.05) is 6.07 Å². The maximum absolute atomic E-state index is 15.4. The minimum Gasteiger partial charge on any atom is -0.417 e. The first-order valence-corrected chi connectivity index (χ1v) is 55.4. The molecule has 7 unspecified atom stereocenters. The van der Waals surface area contributed by atoms with Gasteiger partial charge in [0, 0.05) is 82.8 Å². The number of ether oxygens (including phenoxy) is 16. The van der Waals surface area contributed by atoms with Gasteiger partial charge in [0.15, 0.2) is 28.2 Å². The highest BCUT2D eigenvalue weighted by atomic mass is 32.1. The number of hydrogen-bond acceptors (Lipinski definition) is 22. The zero-order valence-corrected chi connectivity index (χ0v) is 80.9. The van der Waals surface area contributed by atoms with Gasteiger partial charge < -0.3 is 84.6 Å². The molecule has 1 aromatic rings. The molecule has 2 spiro atoms. The summed E-state index contributed by atoms with van der Waals surface area (Å²) in [6.45, 7) is 56.5. The Morgan fingerprint density at radius 1 is 0.432 bits per heavy atom. The molecule has 0 N–H and O–H groups in total. The van der Waals surface area contributed by atoms with Crippen LogP contribution in [0.2, 0.25) is 36.3 Å². The molecule has 21 rings (SSSR count). The van der Waals surface area contributed by atoms with E-state index >= 15 is 4.79 Å². The molecule has 0 aromatic heterocycles. The van der Waals surface area contributed by atoms with E-state index in [0.717, 1.165) is 139 Å². The Labute approximate surface area is 751 Å². The second-order valence-corrected chi connectivity index (χ2v) is 55.1. The molecule has 0 radical (unpaired) electrons. The maximum atomic E-state index is 15.4. The van der Waals surface area contributed by atoms with Crippen LogP contribution in [0.3, 0.4) is 0 Å². The molecule has 125 heavy (non-hydrogen) atoms. The Morgan fingerprint density at radius 2 is 0.840 bits per heavy atom. The quantitative estimate of drug-likeness (QED) is 0.148. The Bertz CT molecular complexity index is 4050. The number of fused-ring (bicyclic) bond motifs is 12. The number of hydrogen-bond donors (Lipinski definition) is 0. The van der Waals surface area contributed by atoms with Crippen LogP contribution in [0.1, 0.15) is 255 Å². The predicted octanol–water partition coefficient (Wildman–Crippen LogP) is 17.5. The van der Waals surface area contributed by atoms with Crippen LogP contribution >= 0.6 is 0 Å². The lowest BCUT2D eigenvalue weighted by Gasteiger charge is -2.47. The summed E-state index contributed by atoms with van der Waals surface area (Å²) in [4.78, 5) is 29.7. The van der Waals surface area contributed by atoms with E-state index in [1.165, 1.54) is 11.1 Å². The molecule has 39 atom stereocenters. The van der Waals surface area contributed by atoms with Gasteiger partial charge in [-0.15, -0.1) is 0 Å². The molecule has 20 aliphatic rings. The Balaban J connectivity index is 0.000000172. The average molecular weight is 1790 g/mol. The molecular formula is C100H152O22SSi2. The number of benzene rings is 1. The molecule has 25 heteroatoms. The molecule has 698 valence electrons. The fourth-order valence-corrected chi connectivity index (χ4v) is 27.3. The van der Waals surface area contributed by atoms with Gasteiger partial charge in [0.25, 0.3) is 0 Å². The van der Waals surface area contributed by atoms with Crippen molar-refractivity contribution in [3.05, 3.63) is 84.5 Å². The Morgan fingerprint density at radius 3 is 1.32 bits per heavy atom. The zero-order chi connectivity index (χ0) is 88.5. The summed E-state index contributed by atoms with van der Waals surface area (Å²) in [5.74, 6) is 0.151. The number of Topliss-reactive ketones (excluding diaryl/α,β-unsaturated/α-hetero) is 2. The molecule has 0 saturated carbocycles. The minimum atomic E-state index is -1.93. The van der Waals surface area contributed by atoms with Crippen LogP contribution < -0.4 is 0 Å². The second-order valence-electron chi connectivity index (χ2n) is 45.3. The monoisotopic (exact) mass is 1790 g/mol. The lowest BCUT2D eigenvalue weighted by molar-refractivity contribution is -0.292. The maximum Gasteiger partial charge on any atom is 0.335 e. The van der Waals surface area contributed by atoms with Crippen LogP contribution in [0.15, 0.2) is 78.9 Å². The van der Waals surface area contributed by atoms with E-state index in [4.69, 9.17) is 93.1 Å². The molecule has 20 aliphatic heterocycles. The molecule has 22 nitrogen and oxygen atoms in total. The molecular weight excluding hydrogens is 1640 g/mol. The average Bonchev–Trinajstić information content (AvgIpc) is 1.55. The molecule has 0 amide bonds. The smallest absolute Gasteiger partial charge is 0.335 e. The summed E-state index contributed by atoms with van der Waals surface area (Å²) < 4.78 is 141. The van der Waals surface area contributed by atoms with Crippen molar-refractivity contribution in [2.45, 2.75) is 468 Å². The normalized spacial score (nSPS) is 46.5. The fourth-order valence-electron chi connectivity index (χ4n) is 25.1. The highest BCUT2D eigenvalue weighted by molar-refractivity contribution is 7.51. The summed E-state index contributed by atoms with van der Waals surface area (Å²) >= 11 is -0.750. The fraction of sp³-hybridized carbons (Fsp3) is 0.840. The summed E-state index contributed by atoms with van der Waals surface area (Å²) in [5, 5.41) is 0.299. The third-order valence-electron chi connectivity index (χ3n) is 34.4. The van der Waals surface area contributed by atoms with Crippen molar-refractivity contribution >= 4 is 39.8 Å². The first-order chi connectivity index (χ1) is 59.3. The predicted molar refractivity (Wildman–Crippen MR) is 477 cm³/mol. The summed E-state index contributed by atoms with van der Waals surface area (Å²) in [7, 11) is -3.81. The van der Waals surface area contributed by atoms with Crippen LogP contribution in [-0.2, 0) is 106 Å². The van der Waals surface area contributed by atoms with Gasteiger partial charge >= 0.3 is 11.6 Å². The molecule has 24 bridgehead atoms. The number of carbonyl (C=O) groups excluding carboxylic acids is 2. The Kier molecular flexibility index (Phi) is 28.1. The topological polar surface area (TPSA) is 234 Å². The van der Waals surface area contributed by atoms with Gasteiger partial charge in [0.1, 0.15) is 72.6 Å². The second kappa shape index (κ2) is 37.4. The molecule has 20 heterocycles. The van der Waals surface area contributed by atoms with Crippen molar-refractivity contribution in [2.75, 3.05) is 13.2 Å². The molecule has 0 aliphatic carbocycles. The van der Waals surface area contributed by atoms with Crippen molar-refractivity contribution in [1.29, 1.82) is 0 Å². The molecule has 1 aromatic carbocycles. The van der Waals surface area contributed by atoms with Gasteiger partial charge in [-0.2, -0.15) is 8.42 Å². The summed E-state index contributed by atoms with van der Waals surface area (Å²) in [5.41, 5.74) is 5.67. The van der Waals surface area contributed by atoms with E-state index in [1.54, 1.807) is 0 Å². The molecule has 20 saturated heterocycles. The Hall–Kier alpha value is -2.95. The van der Waals surface area contributed by atoms with Crippen molar-refractivity contribution in [2.24, 2.45) is 47.3 Å². The highest BCUT2D eigenvalue weighted by Gasteiger charge is 2.71. The standard InChI is InChI=1S/C53H78O10Si.C47H74O10Si.O2S/c1-29(28-55-64(9,10)52(6,7)8)22-41-33(5)45-43(59-41)26-42-32(4)30(2)23-35(57-42)16-18-39-31(3)24-37(56-39)20-21-53-27-44-48(62-53)49-50(61-44)51(63-53)47-40(60-49)19-17-36(58-47)25-38(54)46(45)34-14-12-11-13-15-34;1-25(24-49-58(9,10)46(6,7)8)17-37-29(5)34-21-30(48)20-32-12-14-36-41(52-32)45-44-43(54-36)42-40(55-44)23-47(56-42,57-45)16-15-33-19-27(3)35(50-33)13-11-31-18-26(2)28(4)38(51-31)22-39(34)53-37;1-3-2/h11-15,29-30,33,35-37,39-51H,3-4,16-28H2,1-2,5-10H3;25-26,29,31-45H,3-4,11-24H2,1-2,5-10H3;/t29-,30+,33-,35?,36+,37?,39-,40-,41+,42+,43?,44+,45+,46?,47-,48-,49-,50+,51-,53-;25-,26+,29+,31?,32+,33?,34+,35-,36-,37+,38+,39?,40+,41-,42-,43-,44+,45-,47-;/m00./s1. The van der Waals surface area contributed by atoms with Crippen LogP contribution in [-0.4, -0.2) is 232 Å². The first kappa shape index (κ1) is 93.8. The zero-order valence-electron chi connectivity index (χ0n) is 78.1. The van der Waals surface area contributed by atoms with E-state index in [9.17, 15) is 4.79 Å². The van der Waals surface area contributed by atoms with Gasteiger partial charge in [0.05, 0.1) is 110 Å². The van der Waals surface area contributed by atoms with Crippen LogP contribution in [0, 0.1) is 47.3 Å². The van der Waals surface area contributed by atoms with E-state index in [0.29, 0.717) is 75.2 Å². The van der Waals surface area contributed by atoms with Crippen molar-refractivity contribution in [3.63, 3.8) is 0 Å². The SMILES string of the molecule is C=C1CC2CC[C@@]34C[C@H]5O[C@H]6[C@@H](O3)[C@H]3O[C@H](CC[C@@H]3O[C@H]6[C@H]5O4)CC(=O)C(c3ccccc3)[C@H]3C(C[C@H]4OC(CC[C@@H]1O2)C[C@@H](C)C4=C)O[C@H](C[C@H](C)CO[Si](C)(C)C(C)(C)C)[C@@H]3C.C=C1CC2CC[C@@]34C[C@H]5O[C@H]6[C@@H](O3)[C@H]3O[C@H](CC[C@@H]3O[C@H]6[C@H]5O4)CC(=O)C[C@H]3C(C[C@H]4OC(CC[C@@H]1O2)C[C@@H](C)C4=C)O[C@H](C[C@H](C)CO[Si](C)(C)C(C)(C)C)[C@@H]3C.O=S=O. The van der Waals surface area contributed by atoms with Crippen molar-refractivity contribution in [3.8, 4) is 0 Å². The van der Waals surface area contributed by atoms with Gasteiger partial charge in [-0.1, -0.05) is 140 Å².